The van der Waals surface area contributed by atoms with Crippen LogP contribution in [0.15, 0.2) is 24.3 Å². The molecule has 0 atom stereocenters. The molecule has 0 saturated heterocycles. The molecule has 0 fully saturated rings. The minimum atomic E-state index is 0.0853. The lowest BCUT2D eigenvalue weighted by Crippen LogP contribution is -2.13. The first-order valence-corrected chi connectivity index (χ1v) is 5.67. The van der Waals surface area contributed by atoms with Crippen molar-refractivity contribution in [2.45, 2.75) is 26.0 Å². The quantitative estimate of drug-likeness (QED) is 0.772. The number of nitrogens with one attached hydrogen (secondary N) is 1. The monoisotopic (exact) mass is 209 g/mol. The second-order valence-electron chi connectivity index (χ2n) is 3.15. The van der Waals surface area contributed by atoms with Crippen LogP contribution < -0.4 is 4.72 Å². The molecule has 1 aromatic carbocycles. The molecule has 1 N–H and O–H groups in total. The smallest absolute Gasteiger partial charge is 0.229 e. The van der Waals surface area contributed by atoms with Crippen LogP contribution in [0.4, 0.5) is 0 Å². The fraction of sp³-hybridized carbons (Fsp3) is 0.364. The molecule has 0 aliphatic heterocycles. The van der Waals surface area contributed by atoms with E-state index in [1.165, 1.54) is 23.1 Å². The molecule has 0 spiro atoms. The Labute approximate surface area is 89.2 Å². The molecule has 0 saturated carbocycles. The first-order chi connectivity index (χ1) is 6.72. The van der Waals surface area contributed by atoms with E-state index in [0.29, 0.717) is 6.42 Å². The lowest BCUT2D eigenvalue weighted by molar-refractivity contribution is -0.118. The zero-order chi connectivity index (χ0) is 10.4. The SMILES string of the molecule is CCC(=O)NSCc1ccc(C)cc1. The maximum Gasteiger partial charge on any atom is 0.229 e. The fourth-order valence-corrected chi connectivity index (χ4v) is 1.69. The summed E-state index contributed by atoms with van der Waals surface area (Å²) in [6, 6.07) is 8.33. The van der Waals surface area contributed by atoms with E-state index in [-0.39, 0.29) is 5.91 Å². The molecule has 0 aliphatic rings. The van der Waals surface area contributed by atoms with Gasteiger partial charge in [0.25, 0.3) is 0 Å². The van der Waals surface area contributed by atoms with Crippen molar-refractivity contribution in [3.05, 3.63) is 35.4 Å². The Hall–Kier alpha value is -0.960. The molecule has 14 heavy (non-hydrogen) atoms. The van der Waals surface area contributed by atoms with Gasteiger partial charge in [-0.05, 0) is 24.4 Å². The summed E-state index contributed by atoms with van der Waals surface area (Å²) >= 11 is 1.45. The van der Waals surface area contributed by atoms with Gasteiger partial charge in [-0.3, -0.25) is 9.52 Å². The van der Waals surface area contributed by atoms with Gasteiger partial charge in [0, 0.05) is 12.2 Å². The summed E-state index contributed by atoms with van der Waals surface area (Å²) in [4.78, 5) is 10.9. The number of benzene rings is 1. The van der Waals surface area contributed by atoms with E-state index in [1.54, 1.807) is 0 Å². The summed E-state index contributed by atoms with van der Waals surface area (Å²) in [5.41, 5.74) is 2.49. The van der Waals surface area contributed by atoms with Crippen LogP contribution in [0.1, 0.15) is 24.5 Å². The maximum atomic E-state index is 10.9. The van der Waals surface area contributed by atoms with Crippen LogP contribution in [0.25, 0.3) is 0 Å². The van der Waals surface area contributed by atoms with E-state index in [1.807, 2.05) is 6.92 Å². The number of hydrogen-bond donors (Lipinski definition) is 1. The Kier molecular flexibility index (Phi) is 4.53. The zero-order valence-corrected chi connectivity index (χ0v) is 9.36. The molecule has 0 aliphatic carbocycles. The van der Waals surface area contributed by atoms with Gasteiger partial charge in [0.1, 0.15) is 0 Å². The van der Waals surface area contributed by atoms with Gasteiger partial charge in [0.05, 0.1) is 0 Å². The molecular formula is C11H15NOS. The van der Waals surface area contributed by atoms with Crippen LogP contribution in [0, 0.1) is 6.92 Å². The van der Waals surface area contributed by atoms with Gasteiger partial charge < -0.3 is 0 Å². The molecule has 76 valence electrons. The standard InChI is InChI=1S/C11H15NOS/c1-3-11(13)12-14-8-10-6-4-9(2)5-7-10/h4-7H,3,8H2,1-2H3,(H,12,13). The molecule has 0 aromatic heterocycles. The highest BCUT2D eigenvalue weighted by Gasteiger charge is 1.97. The molecule has 2 nitrogen and oxygen atoms in total. The van der Waals surface area contributed by atoms with Gasteiger partial charge in [-0.15, -0.1) is 0 Å². The molecule has 0 heterocycles. The van der Waals surface area contributed by atoms with Gasteiger partial charge in [-0.2, -0.15) is 0 Å². The first-order valence-electron chi connectivity index (χ1n) is 4.68. The van der Waals surface area contributed by atoms with E-state index in [4.69, 9.17) is 0 Å². The molecule has 0 radical (unpaired) electrons. The minimum absolute atomic E-state index is 0.0853. The van der Waals surface area contributed by atoms with Gasteiger partial charge in [0.15, 0.2) is 0 Å². The number of hydrogen-bond acceptors (Lipinski definition) is 2. The van der Waals surface area contributed by atoms with E-state index in [9.17, 15) is 4.79 Å². The molecule has 0 unspecified atom stereocenters. The first kappa shape index (κ1) is 11.1. The van der Waals surface area contributed by atoms with Crippen LogP contribution in [0.5, 0.6) is 0 Å². The number of carbonyl (C=O) groups excluding carboxylic acids is 1. The Morgan fingerprint density at radius 2 is 2.00 bits per heavy atom. The number of rotatable bonds is 4. The molecule has 3 heteroatoms. The lowest BCUT2D eigenvalue weighted by Gasteiger charge is -2.02. The topological polar surface area (TPSA) is 29.1 Å². The average Bonchev–Trinajstić information content (AvgIpc) is 2.21. The predicted molar refractivity (Wildman–Crippen MR) is 60.9 cm³/mol. The highest BCUT2D eigenvalue weighted by molar-refractivity contribution is 7.97. The van der Waals surface area contributed by atoms with E-state index < -0.39 is 0 Å². The van der Waals surface area contributed by atoms with Crippen molar-refractivity contribution in [2.24, 2.45) is 0 Å². The Morgan fingerprint density at radius 3 is 2.57 bits per heavy atom. The van der Waals surface area contributed by atoms with Crippen LogP contribution in [0.3, 0.4) is 0 Å². The van der Waals surface area contributed by atoms with E-state index in [0.717, 1.165) is 5.75 Å². The summed E-state index contributed by atoms with van der Waals surface area (Å²) in [6.07, 6.45) is 0.543. The summed E-state index contributed by atoms with van der Waals surface area (Å²) < 4.78 is 2.77. The molecule has 1 rings (SSSR count). The second-order valence-corrected chi connectivity index (χ2v) is 3.93. The van der Waals surface area contributed by atoms with Gasteiger partial charge in [-0.25, -0.2) is 0 Å². The number of amides is 1. The average molecular weight is 209 g/mol. The summed E-state index contributed by atoms with van der Waals surface area (Å²) in [6.45, 7) is 3.91. The van der Waals surface area contributed by atoms with Crippen LogP contribution >= 0.6 is 11.9 Å². The van der Waals surface area contributed by atoms with Crippen molar-refractivity contribution in [1.82, 2.24) is 4.72 Å². The predicted octanol–water partition coefficient (Wildman–Crippen LogP) is 2.67. The van der Waals surface area contributed by atoms with Gasteiger partial charge in [-0.1, -0.05) is 36.8 Å². The molecular weight excluding hydrogens is 194 g/mol. The summed E-state index contributed by atoms with van der Waals surface area (Å²) in [5.74, 6) is 0.911. The van der Waals surface area contributed by atoms with E-state index >= 15 is 0 Å². The minimum Gasteiger partial charge on any atom is -0.300 e. The third-order valence-corrected chi connectivity index (χ3v) is 2.72. The normalized spacial score (nSPS) is 9.86. The summed E-state index contributed by atoms with van der Waals surface area (Å²) in [5, 5.41) is 0. The van der Waals surface area contributed by atoms with Crippen molar-refractivity contribution >= 4 is 17.9 Å². The van der Waals surface area contributed by atoms with Crippen LogP contribution in [0.2, 0.25) is 0 Å². The summed E-state index contributed by atoms with van der Waals surface area (Å²) in [7, 11) is 0. The Balaban J connectivity index is 2.31. The number of aryl methyl sites for hydroxylation is 1. The van der Waals surface area contributed by atoms with E-state index in [2.05, 4.69) is 35.9 Å². The third kappa shape index (κ3) is 3.83. The highest BCUT2D eigenvalue weighted by atomic mass is 32.2. The van der Waals surface area contributed by atoms with Crippen molar-refractivity contribution in [1.29, 1.82) is 0 Å². The largest absolute Gasteiger partial charge is 0.300 e. The Bertz CT molecular complexity index is 295. The van der Waals surface area contributed by atoms with Crippen molar-refractivity contribution in [3.8, 4) is 0 Å². The molecule has 1 amide bonds. The van der Waals surface area contributed by atoms with Gasteiger partial charge in [0.2, 0.25) is 5.91 Å². The zero-order valence-electron chi connectivity index (χ0n) is 8.54. The third-order valence-electron chi connectivity index (χ3n) is 1.87. The fourth-order valence-electron chi connectivity index (χ4n) is 0.956. The number of carbonyl (C=O) groups is 1. The van der Waals surface area contributed by atoms with Crippen LogP contribution in [-0.4, -0.2) is 5.91 Å². The molecule has 0 bridgehead atoms. The second kappa shape index (κ2) is 5.70. The van der Waals surface area contributed by atoms with Crippen molar-refractivity contribution in [3.63, 3.8) is 0 Å². The Morgan fingerprint density at radius 1 is 1.36 bits per heavy atom. The van der Waals surface area contributed by atoms with Crippen molar-refractivity contribution < 1.29 is 4.79 Å². The van der Waals surface area contributed by atoms with Crippen molar-refractivity contribution in [2.75, 3.05) is 0 Å². The lowest BCUT2D eigenvalue weighted by atomic mass is 10.2. The molecule has 1 aromatic rings. The van der Waals surface area contributed by atoms with Crippen LogP contribution in [-0.2, 0) is 10.5 Å². The highest BCUT2D eigenvalue weighted by Crippen LogP contribution is 2.10. The van der Waals surface area contributed by atoms with Gasteiger partial charge >= 0.3 is 0 Å². The maximum absolute atomic E-state index is 10.9.